The predicted octanol–water partition coefficient (Wildman–Crippen LogP) is 3.13. The first-order valence-electron chi connectivity index (χ1n) is 5.54. The lowest BCUT2D eigenvalue weighted by atomic mass is 10.1. The molecule has 0 N–H and O–H groups in total. The van der Waals surface area contributed by atoms with E-state index in [0.29, 0.717) is 0 Å². The third kappa shape index (κ3) is 5.38. The Kier molecular flexibility index (Phi) is 5.13. The maximum absolute atomic E-state index is 2.35. The van der Waals surface area contributed by atoms with Crippen LogP contribution in [0.1, 0.15) is 19.4 Å². The molecule has 0 spiro atoms. The molecule has 0 aromatic heterocycles. The first-order chi connectivity index (χ1) is 7.18. The molecule has 82 valence electrons. The lowest BCUT2D eigenvalue weighted by Crippen LogP contribution is -2.21. The second kappa shape index (κ2) is 6.41. The summed E-state index contributed by atoms with van der Waals surface area (Å²) in [7, 11) is 2.17. The number of benzene rings is 1. The van der Waals surface area contributed by atoms with E-state index in [0.717, 1.165) is 19.5 Å². The highest BCUT2D eigenvalue weighted by molar-refractivity contribution is 5.14. The fourth-order valence-corrected chi connectivity index (χ4v) is 1.39. The summed E-state index contributed by atoms with van der Waals surface area (Å²) in [5.41, 5.74) is 2.81. The van der Waals surface area contributed by atoms with Gasteiger partial charge in [-0.2, -0.15) is 0 Å². The van der Waals surface area contributed by atoms with E-state index >= 15 is 0 Å². The minimum atomic E-state index is 1.05. The number of hydrogen-bond donors (Lipinski definition) is 0. The van der Waals surface area contributed by atoms with Crippen molar-refractivity contribution in [2.24, 2.45) is 0 Å². The van der Waals surface area contributed by atoms with Crippen LogP contribution in [0, 0.1) is 0 Å². The van der Waals surface area contributed by atoms with Gasteiger partial charge in [0, 0.05) is 13.1 Å². The van der Waals surface area contributed by atoms with E-state index in [2.05, 4.69) is 62.2 Å². The number of hydrogen-bond acceptors (Lipinski definition) is 1. The molecule has 1 heteroatoms. The van der Waals surface area contributed by atoms with Gasteiger partial charge in [-0.15, -0.1) is 0 Å². The molecule has 0 fully saturated rings. The van der Waals surface area contributed by atoms with Crippen LogP contribution < -0.4 is 0 Å². The Morgan fingerprint density at radius 1 is 1.20 bits per heavy atom. The van der Waals surface area contributed by atoms with E-state index in [4.69, 9.17) is 0 Å². The van der Waals surface area contributed by atoms with Crippen LogP contribution in [0.3, 0.4) is 0 Å². The Morgan fingerprint density at radius 3 is 2.47 bits per heavy atom. The molecule has 0 aliphatic carbocycles. The molecule has 0 saturated heterocycles. The molecular weight excluding hydrogens is 182 g/mol. The summed E-state index contributed by atoms with van der Waals surface area (Å²) < 4.78 is 0. The molecule has 0 saturated carbocycles. The normalized spacial score (nSPS) is 10.4. The molecular formula is C14H21N. The zero-order valence-electron chi connectivity index (χ0n) is 10.0. The van der Waals surface area contributed by atoms with Crippen LogP contribution in [0.5, 0.6) is 0 Å². The first kappa shape index (κ1) is 12.0. The quantitative estimate of drug-likeness (QED) is 0.665. The molecule has 1 aromatic rings. The Hall–Kier alpha value is -1.08. The van der Waals surface area contributed by atoms with E-state index < -0.39 is 0 Å². The maximum Gasteiger partial charge on any atom is 0.0162 e. The number of likely N-dealkylation sites (N-methyl/N-ethyl adjacent to an activating group) is 1. The highest BCUT2D eigenvalue weighted by atomic mass is 15.1. The van der Waals surface area contributed by atoms with Crippen molar-refractivity contribution in [3.05, 3.63) is 47.5 Å². The SMILES string of the molecule is CC(C)=CCN(C)CCc1ccccc1. The largest absolute Gasteiger partial charge is 0.302 e. The van der Waals surface area contributed by atoms with Gasteiger partial charge in [-0.3, -0.25) is 0 Å². The van der Waals surface area contributed by atoms with Crippen LogP contribution >= 0.6 is 0 Å². The highest BCUT2D eigenvalue weighted by Gasteiger charge is 1.96. The molecule has 0 unspecified atom stereocenters. The van der Waals surface area contributed by atoms with Crippen LogP contribution in [0.25, 0.3) is 0 Å². The molecule has 15 heavy (non-hydrogen) atoms. The van der Waals surface area contributed by atoms with E-state index in [-0.39, 0.29) is 0 Å². The number of nitrogens with zero attached hydrogens (tertiary/aromatic N) is 1. The second-order valence-electron chi connectivity index (χ2n) is 4.28. The molecule has 0 heterocycles. The van der Waals surface area contributed by atoms with Crippen LogP contribution in [0.4, 0.5) is 0 Å². The zero-order valence-corrected chi connectivity index (χ0v) is 10.0. The van der Waals surface area contributed by atoms with Gasteiger partial charge in [-0.05, 0) is 32.9 Å². The summed E-state index contributed by atoms with van der Waals surface area (Å²) in [4.78, 5) is 2.35. The van der Waals surface area contributed by atoms with Crippen molar-refractivity contribution in [2.45, 2.75) is 20.3 Å². The van der Waals surface area contributed by atoms with Crippen LogP contribution in [-0.2, 0) is 6.42 Å². The summed E-state index contributed by atoms with van der Waals surface area (Å²) in [6, 6.07) is 10.6. The first-order valence-corrected chi connectivity index (χ1v) is 5.54. The smallest absolute Gasteiger partial charge is 0.0162 e. The summed E-state index contributed by atoms with van der Waals surface area (Å²) >= 11 is 0. The van der Waals surface area contributed by atoms with E-state index in [1.54, 1.807) is 0 Å². The molecule has 0 amide bonds. The summed E-state index contributed by atoms with van der Waals surface area (Å²) in [6.45, 7) is 6.46. The third-order valence-corrected chi connectivity index (χ3v) is 2.44. The van der Waals surface area contributed by atoms with Crippen LogP contribution in [0.2, 0.25) is 0 Å². The molecule has 0 bridgehead atoms. The van der Waals surface area contributed by atoms with Gasteiger partial charge in [-0.1, -0.05) is 42.0 Å². The molecule has 0 aliphatic heterocycles. The Balaban J connectivity index is 2.28. The average Bonchev–Trinajstić information content (AvgIpc) is 2.25. The van der Waals surface area contributed by atoms with Gasteiger partial charge >= 0.3 is 0 Å². The number of rotatable bonds is 5. The molecule has 0 aliphatic rings. The number of allylic oxidation sites excluding steroid dienone is 1. The molecule has 1 rings (SSSR count). The van der Waals surface area contributed by atoms with Crippen molar-refractivity contribution in [2.75, 3.05) is 20.1 Å². The minimum Gasteiger partial charge on any atom is -0.302 e. The van der Waals surface area contributed by atoms with Gasteiger partial charge in [0.25, 0.3) is 0 Å². The van der Waals surface area contributed by atoms with E-state index in [1.807, 2.05) is 0 Å². The monoisotopic (exact) mass is 203 g/mol. The Bertz CT molecular complexity index is 296. The van der Waals surface area contributed by atoms with Crippen LogP contribution in [0.15, 0.2) is 42.0 Å². The van der Waals surface area contributed by atoms with E-state index in [9.17, 15) is 0 Å². The van der Waals surface area contributed by atoms with Crippen molar-refractivity contribution in [1.82, 2.24) is 4.90 Å². The van der Waals surface area contributed by atoms with Gasteiger partial charge in [0.1, 0.15) is 0 Å². The topological polar surface area (TPSA) is 3.24 Å². The summed E-state index contributed by atoms with van der Waals surface area (Å²) in [6.07, 6.45) is 3.40. The van der Waals surface area contributed by atoms with Crippen molar-refractivity contribution in [1.29, 1.82) is 0 Å². The average molecular weight is 203 g/mol. The lowest BCUT2D eigenvalue weighted by molar-refractivity contribution is 0.374. The molecule has 1 nitrogen and oxygen atoms in total. The molecule has 0 atom stereocenters. The molecule has 0 radical (unpaired) electrons. The van der Waals surface area contributed by atoms with Crippen molar-refractivity contribution >= 4 is 0 Å². The van der Waals surface area contributed by atoms with Gasteiger partial charge in [0.05, 0.1) is 0 Å². The van der Waals surface area contributed by atoms with Crippen molar-refractivity contribution in [3.8, 4) is 0 Å². The fourth-order valence-electron chi connectivity index (χ4n) is 1.39. The predicted molar refractivity (Wildman–Crippen MR) is 67.1 cm³/mol. The fraction of sp³-hybridized carbons (Fsp3) is 0.429. The van der Waals surface area contributed by atoms with Crippen LogP contribution in [-0.4, -0.2) is 25.0 Å². The summed E-state index contributed by atoms with van der Waals surface area (Å²) in [5, 5.41) is 0. The van der Waals surface area contributed by atoms with Gasteiger partial charge in [0.15, 0.2) is 0 Å². The van der Waals surface area contributed by atoms with Crippen molar-refractivity contribution < 1.29 is 0 Å². The van der Waals surface area contributed by atoms with Gasteiger partial charge < -0.3 is 4.90 Å². The highest BCUT2D eigenvalue weighted by Crippen LogP contribution is 2.00. The Labute approximate surface area is 93.4 Å². The van der Waals surface area contributed by atoms with Gasteiger partial charge in [0.2, 0.25) is 0 Å². The lowest BCUT2D eigenvalue weighted by Gasteiger charge is -2.14. The standard InChI is InChI=1S/C14H21N/c1-13(2)9-11-15(3)12-10-14-7-5-4-6-8-14/h4-9H,10-12H2,1-3H3. The Morgan fingerprint density at radius 2 is 1.87 bits per heavy atom. The minimum absolute atomic E-state index is 1.05. The zero-order chi connectivity index (χ0) is 11.1. The molecule has 1 aromatic carbocycles. The van der Waals surface area contributed by atoms with E-state index in [1.165, 1.54) is 11.1 Å². The van der Waals surface area contributed by atoms with Crippen molar-refractivity contribution in [3.63, 3.8) is 0 Å². The maximum atomic E-state index is 2.35. The second-order valence-corrected chi connectivity index (χ2v) is 4.28. The summed E-state index contributed by atoms with van der Waals surface area (Å²) in [5.74, 6) is 0. The third-order valence-electron chi connectivity index (χ3n) is 2.44. The van der Waals surface area contributed by atoms with Gasteiger partial charge in [-0.25, -0.2) is 0 Å².